The molecule has 1 aromatic rings. The Morgan fingerprint density at radius 3 is 2.63 bits per heavy atom. The lowest BCUT2D eigenvalue weighted by Crippen LogP contribution is -2.32. The van der Waals surface area contributed by atoms with E-state index in [1.165, 1.54) is 0 Å². The molecule has 2 unspecified atom stereocenters. The lowest BCUT2D eigenvalue weighted by molar-refractivity contribution is -0.129. The van der Waals surface area contributed by atoms with Gasteiger partial charge in [0.15, 0.2) is 0 Å². The van der Waals surface area contributed by atoms with Crippen molar-refractivity contribution in [3.63, 3.8) is 0 Å². The van der Waals surface area contributed by atoms with Crippen LogP contribution >= 0.6 is 23.4 Å². The summed E-state index contributed by atoms with van der Waals surface area (Å²) in [6.45, 7) is 2.81. The number of nitrogens with one attached hydrogen (secondary N) is 1. The second-order valence-electron chi connectivity index (χ2n) is 4.61. The normalized spacial score (nSPS) is 23.1. The van der Waals surface area contributed by atoms with Crippen molar-refractivity contribution < 1.29 is 4.79 Å². The van der Waals surface area contributed by atoms with E-state index in [0.29, 0.717) is 0 Å². The minimum Gasteiger partial charge on any atom is -0.321 e. The summed E-state index contributed by atoms with van der Waals surface area (Å²) in [5.74, 6) is 1.16. The molecule has 3 nitrogen and oxygen atoms in total. The molecule has 0 saturated carbocycles. The third kappa shape index (κ3) is 3.25. The van der Waals surface area contributed by atoms with Gasteiger partial charge in [-0.05, 0) is 30.4 Å². The molecule has 1 amide bonds. The molecule has 1 aromatic carbocycles. The average molecular weight is 299 g/mol. The summed E-state index contributed by atoms with van der Waals surface area (Å²) in [6, 6.07) is 7.64. The molecule has 1 saturated heterocycles. The number of benzene rings is 1. The Hall–Kier alpha value is -0.710. The number of carbonyl (C=O) groups excluding carboxylic acids is 1. The van der Waals surface area contributed by atoms with Gasteiger partial charge >= 0.3 is 0 Å². The highest BCUT2D eigenvalue weighted by Crippen LogP contribution is 2.27. The largest absolute Gasteiger partial charge is 0.321 e. The van der Waals surface area contributed by atoms with Crippen LogP contribution in [0.25, 0.3) is 0 Å². The quantitative estimate of drug-likeness (QED) is 0.907. The molecule has 1 fully saturated rings. The van der Waals surface area contributed by atoms with E-state index >= 15 is 0 Å². The Bertz CT molecular complexity index is 438. The lowest BCUT2D eigenvalue weighted by atomic mass is 10.1. The van der Waals surface area contributed by atoms with Crippen LogP contribution < -0.4 is 5.32 Å². The summed E-state index contributed by atoms with van der Waals surface area (Å²) in [7, 11) is 0. The summed E-state index contributed by atoms with van der Waals surface area (Å²) in [5, 5.41) is 4.13. The third-order valence-corrected chi connectivity index (χ3v) is 4.23. The van der Waals surface area contributed by atoms with Crippen LogP contribution in [0.2, 0.25) is 5.02 Å². The average Bonchev–Trinajstić information content (AvgIpc) is 2.74. The van der Waals surface area contributed by atoms with E-state index in [9.17, 15) is 4.79 Å². The molecule has 0 spiro atoms. The van der Waals surface area contributed by atoms with Gasteiger partial charge in [0.05, 0.1) is 6.04 Å². The number of rotatable bonds is 5. The fourth-order valence-corrected chi connectivity index (χ4v) is 2.83. The van der Waals surface area contributed by atoms with Gasteiger partial charge in [0.1, 0.15) is 6.17 Å². The molecule has 2 atom stereocenters. The van der Waals surface area contributed by atoms with Crippen LogP contribution in [0.3, 0.4) is 0 Å². The first-order valence-corrected chi connectivity index (χ1v) is 8.25. The second-order valence-corrected chi connectivity index (χ2v) is 6.03. The molecule has 0 aromatic heterocycles. The molecule has 19 heavy (non-hydrogen) atoms. The summed E-state index contributed by atoms with van der Waals surface area (Å²) in [4.78, 5) is 14.3. The van der Waals surface area contributed by atoms with Gasteiger partial charge in [0.25, 0.3) is 0 Å². The molecule has 1 N–H and O–H groups in total. The van der Waals surface area contributed by atoms with E-state index in [0.717, 1.165) is 29.3 Å². The molecule has 0 aliphatic carbocycles. The number of nitrogens with zero attached hydrogens (tertiary/aromatic N) is 1. The van der Waals surface area contributed by atoms with Crippen molar-refractivity contribution in [2.75, 3.05) is 18.6 Å². The van der Waals surface area contributed by atoms with Gasteiger partial charge in [-0.1, -0.05) is 30.7 Å². The van der Waals surface area contributed by atoms with Gasteiger partial charge in [-0.2, -0.15) is 11.8 Å². The summed E-state index contributed by atoms with van der Waals surface area (Å²) in [5.41, 5.74) is 1.09. The SMILES string of the molecule is CCC1NC(c2ccc(Cl)cc2)N(CCSC)C1=O. The van der Waals surface area contributed by atoms with Crippen molar-refractivity contribution in [3.05, 3.63) is 34.9 Å². The topological polar surface area (TPSA) is 32.3 Å². The molecular formula is C14H19ClN2OS. The van der Waals surface area contributed by atoms with E-state index in [2.05, 4.69) is 11.6 Å². The fourth-order valence-electron chi connectivity index (χ4n) is 2.32. The Morgan fingerprint density at radius 2 is 2.05 bits per heavy atom. The maximum absolute atomic E-state index is 12.3. The van der Waals surface area contributed by atoms with Crippen molar-refractivity contribution in [1.82, 2.24) is 10.2 Å². The maximum Gasteiger partial charge on any atom is 0.241 e. The van der Waals surface area contributed by atoms with Crippen molar-refractivity contribution in [2.45, 2.75) is 25.6 Å². The maximum atomic E-state index is 12.3. The van der Waals surface area contributed by atoms with Gasteiger partial charge in [0, 0.05) is 17.3 Å². The van der Waals surface area contributed by atoms with Crippen LogP contribution in [0.15, 0.2) is 24.3 Å². The van der Waals surface area contributed by atoms with Crippen molar-refractivity contribution >= 4 is 29.3 Å². The molecule has 1 aliphatic rings. The van der Waals surface area contributed by atoms with Crippen LogP contribution in [0.1, 0.15) is 25.1 Å². The van der Waals surface area contributed by atoms with E-state index < -0.39 is 0 Å². The molecular weight excluding hydrogens is 280 g/mol. The third-order valence-electron chi connectivity index (χ3n) is 3.38. The summed E-state index contributed by atoms with van der Waals surface area (Å²) >= 11 is 7.67. The van der Waals surface area contributed by atoms with Gasteiger partial charge in [-0.3, -0.25) is 10.1 Å². The van der Waals surface area contributed by atoms with Gasteiger partial charge in [-0.25, -0.2) is 0 Å². The molecule has 104 valence electrons. The van der Waals surface area contributed by atoms with Crippen molar-refractivity contribution in [3.8, 4) is 0 Å². The van der Waals surface area contributed by atoms with Crippen molar-refractivity contribution in [2.24, 2.45) is 0 Å². The molecule has 0 bridgehead atoms. The molecule has 1 heterocycles. The number of hydrogen-bond acceptors (Lipinski definition) is 3. The van der Waals surface area contributed by atoms with E-state index in [1.54, 1.807) is 11.8 Å². The Kier molecular flexibility index (Phi) is 5.13. The van der Waals surface area contributed by atoms with E-state index in [4.69, 9.17) is 11.6 Å². The van der Waals surface area contributed by atoms with Crippen LogP contribution in [0.4, 0.5) is 0 Å². The fraction of sp³-hybridized carbons (Fsp3) is 0.500. The molecule has 1 aliphatic heterocycles. The van der Waals surface area contributed by atoms with Crippen LogP contribution in [-0.2, 0) is 4.79 Å². The minimum absolute atomic E-state index is 0.0260. The molecule has 5 heteroatoms. The zero-order valence-corrected chi connectivity index (χ0v) is 12.8. The molecule has 0 radical (unpaired) electrons. The van der Waals surface area contributed by atoms with Crippen LogP contribution in [0.5, 0.6) is 0 Å². The van der Waals surface area contributed by atoms with Crippen LogP contribution in [-0.4, -0.2) is 35.4 Å². The first-order chi connectivity index (χ1) is 9.17. The van der Waals surface area contributed by atoms with Crippen molar-refractivity contribution in [1.29, 1.82) is 0 Å². The number of amides is 1. The predicted molar refractivity (Wildman–Crippen MR) is 81.5 cm³/mol. The smallest absolute Gasteiger partial charge is 0.241 e. The van der Waals surface area contributed by atoms with Gasteiger partial charge in [0.2, 0.25) is 5.91 Å². The zero-order chi connectivity index (χ0) is 13.8. The Morgan fingerprint density at radius 1 is 1.37 bits per heavy atom. The number of hydrogen-bond donors (Lipinski definition) is 1. The first kappa shape index (κ1) is 14.7. The van der Waals surface area contributed by atoms with Gasteiger partial charge < -0.3 is 4.90 Å². The number of carbonyl (C=O) groups is 1. The monoisotopic (exact) mass is 298 g/mol. The molecule has 2 rings (SSSR count). The minimum atomic E-state index is -0.0671. The van der Waals surface area contributed by atoms with E-state index in [1.807, 2.05) is 36.1 Å². The highest BCUT2D eigenvalue weighted by Gasteiger charge is 2.37. The highest BCUT2D eigenvalue weighted by atomic mass is 35.5. The second kappa shape index (κ2) is 6.64. The summed E-state index contributed by atoms with van der Waals surface area (Å²) < 4.78 is 0. The van der Waals surface area contributed by atoms with Gasteiger partial charge in [-0.15, -0.1) is 0 Å². The zero-order valence-electron chi connectivity index (χ0n) is 11.2. The number of thioether (sulfide) groups is 1. The van der Waals surface area contributed by atoms with E-state index in [-0.39, 0.29) is 18.1 Å². The predicted octanol–water partition coefficient (Wildman–Crippen LogP) is 2.91. The Balaban J connectivity index is 2.20. The Labute approximate surface area is 123 Å². The van der Waals surface area contributed by atoms with Crippen LogP contribution in [0, 0.1) is 0 Å². The highest BCUT2D eigenvalue weighted by molar-refractivity contribution is 7.98. The first-order valence-electron chi connectivity index (χ1n) is 6.48. The summed E-state index contributed by atoms with van der Waals surface area (Å²) in [6.07, 6.45) is 2.85. The lowest BCUT2D eigenvalue weighted by Gasteiger charge is -2.24. The standard InChI is InChI=1S/C14H19ClN2OS/c1-3-12-14(18)17(8-9-19-2)13(16-12)10-4-6-11(15)7-5-10/h4-7,12-13,16H,3,8-9H2,1-2H3. The number of halogens is 1.